The zero-order valence-corrected chi connectivity index (χ0v) is 10.8. The van der Waals surface area contributed by atoms with Gasteiger partial charge in [-0.3, -0.25) is 0 Å². The van der Waals surface area contributed by atoms with Crippen LogP contribution in [0.1, 0.15) is 38.8 Å². The van der Waals surface area contributed by atoms with Gasteiger partial charge in [0.1, 0.15) is 5.75 Å². The summed E-state index contributed by atoms with van der Waals surface area (Å²) in [6.07, 6.45) is 1.16. The van der Waals surface area contributed by atoms with Crippen LogP contribution in [0, 0.1) is 5.92 Å². The highest BCUT2D eigenvalue weighted by Crippen LogP contribution is 2.23. The highest BCUT2D eigenvalue weighted by molar-refractivity contribution is 5.29. The van der Waals surface area contributed by atoms with E-state index in [2.05, 4.69) is 31.3 Å². The molecule has 1 aromatic carbocycles. The fourth-order valence-corrected chi connectivity index (χ4v) is 1.86. The molecule has 1 atom stereocenters. The van der Waals surface area contributed by atoms with E-state index in [-0.39, 0.29) is 0 Å². The first-order valence-corrected chi connectivity index (χ1v) is 6.07. The molecule has 0 fully saturated rings. The maximum atomic E-state index is 5.43. The molecule has 0 spiro atoms. The number of rotatable bonds is 6. The molecular weight excluding hydrogens is 198 g/mol. The van der Waals surface area contributed by atoms with Crippen molar-refractivity contribution in [2.24, 2.45) is 5.92 Å². The summed E-state index contributed by atoms with van der Waals surface area (Å²) in [5.74, 6) is 1.65. The topological polar surface area (TPSA) is 21.3 Å². The minimum Gasteiger partial charge on any atom is -0.494 e. The van der Waals surface area contributed by atoms with Crippen LogP contribution in [0.5, 0.6) is 5.75 Å². The molecule has 1 rings (SSSR count). The van der Waals surface area contributed by atoms with Crippen molar-refractivity contribution in [3.8, 4) is 5.75 Å². The lowest BCUT2D eigenvalue weighted by Gasteiger charge is -2.19. The van der Waals surface area contributed by atoms with Crippen molar-refractivity contribution in [3.05, 3.63) is 29.8 Å². The molecule has 0 aliphatic rings. The quantitative estimate of drug-likeness (QED) is 0.795. The van der Waals surface area contributed by atoms with Crippen LogP contribution in [0.2, 0.25) is 0 Å². The molecule has 1 unspecified atom stereocenters. The van der Waals surface area contributed by atoms with E-state index >= 15 is 0 Å². The first-order chi connectivity index (χ1) is 7.67. The van der Waals surface area contributed by atoms with Crippen molar-refractivity contribution in [3.63, 3.8) is 0 Å². The number of benzene rings is 1. The molecule has 90 valence electrons. The van der Waals surface area contributed by atoms with Crippen molar-refractivity contribution >= 4 is 0 Å². The van der Waals surface area contributed by atoms with Gasteiger partial charge in [0, 0.05) is 6.04 Å². The van der Waals surface area contributed by atoms with Crippen LogP contribution in [-0.2, 0) is 0 Å². The Bertz CT molecular complexity index is 292. The van der Waals surface area contributed by atoms with Crippen molar-refractivity contribution < 1.29 is 4.74 Å². The second-order valence-corrected chi connectivity index (χ2v) is 4.47. The van der Waals surface area contributed by atoms with E-state index in [4.69, 9.17) is 4.74 Å². The van der Waals surface area contributed by atoms with Gasteiger partial charge in [0.05, 0.1) is 6.61 Å². The van der Waals surface area contributed by atoms with E-state index in [0.29, 0.717) is 12.0 Å². The van der Waals surface area contributed by atoms with Crippen LogP contribution in [0.3, 0.4) is 0 Å². The summed E-state index contributed by atoms with van der Waals surface area (Å²) in [5, 5.41) is 3.36. The molecule has 0 heterocycles. The molecule has 0 radical (unpaired) electrons. The van der Waals surface area contributed by atoms with Gasteiger partial charge in [-0.25, -0.2) is 0 Å². The summed E-state index contributed by atoms with van der Waals surface area (Å²) in [6.45, 7) is 7.22. The van der Waals surface area contributed by atoms with E-state index in [1.54, 1.807) is 0 Å². The average molecular weight is 221 g/mol. The van der Waals surface area contributed by atoms with Gasteiger partial charge in [0.15, 0.2) is 0 Å². The summed E-state index contributed by atoms with van der Waals surface area (Å²) < 4.78 is 5.43. The molecule has 0 bridgehead atoms. The van der Waals surface area contributed by atoms with Crippen molar-refractivity contribution in [2.75, 3.05) is 13.7 Å². The predicted molar refractivity (Wildman–Crippen MR) is 68.9 cm³/mol. The summed E-state index contributed by atoms with van der Waals surface area (Å²) in [5.41, 5.74) is 1.33. The van der Waals surface area contributed by atoms with E-state index in [1.165, 1.54) is 5.56 Å². The molecule has 2 nitrogen and oxygen atoms in total. The highest BCUT2D eigenvalue weighted by atomic mass is 16.5. The molecule has 0 aliphatic carbocycles. The molecule has 16 heavy (non-hydrogen) atoms. The minimum absolute atomic E-state index is 0.440. The highest BCUT2D eigenvalue weighted by Gasteiger charge is 2.10. The largest absolute Gasteiger partial charge is 0.494 e. The first-order valence-electron chi connectivity index (χ1n) is 6.07. The summed E-state index contributed by atoms with van der Waals surface area (Å²) in [6, 6.07) is 8.83. The zero-order chi connectivity index (χ0) is 12.0. The maximum absolute atomic E-state index is 5.43. The average Bonchev–Trinajstić information content (AvgIpc) is 2.27. The van der Waals surface area contributed by atoms with Crippen LogP contribution < -0.4 is 10.1 Å². The van der Waals surface area contributed by atoms with Crippen LogP contribution in [0.4, 0.5) is 0 Å². The normalized spacial score (nSPS) is 12.8. The molecule has 0 amide bonds. The molecule has 0 aliphatic heterocycles. The van der Waals surface area contributed by atoms with E-state index in [0.717, 1.165) is 18.8 Å². The zero-order valence-electron chi connectivity index (χ0n) is 10.8. The molecule has 2 heteroatoms. The predicted octanol–water partition coefficient (Wildman–Crippen LogP) is 3.39. The molecular formula is C14H23NO. The van der Waals surface area contributed by atoms with Gasteiger partial charge >= 0.3 is 0 Å². The molecule has 1 N–H and O–H groups in total. The Hall–Kier alpha value is -1.02. The third kappa shape index (κ3) is 3.86. The Labute approximate surface area is 99.0 Å². The molecule has 0 saturated heterocycles. The van der Waals surface area contributed by atoms with E-state index in [1.807, 2.05) is 26.1 Å². The molecule has 0 aromatic heterocycles. The van der Waals surface area contributed by atoms with Crippen molar-refractivity contribution in [1.29, 1.82) is 0 Å². The van der Waals surface area contributed by atoms with Crippen molar-refractivity contribution in [1.82, 2.24) is 5.32 Å². The SMILES string of the molecule is CCOc1ccc(C(CC(C)C)NC)cc1. The number of hydrogen-bond donors (Lipinski definition) is 1. The van der Waals surface area contributed by atoms with Crippen LogP contribution >= 0.6 is 0 Å². The van der Waals surface area contributed by atoms with E-state index in [9.17, 15) is 0 Å². The summed E-state index contributed by atoms with van der Waals surface area (Å²) in [7, 11) is 2.02. The molecule has 1 aromatic rings. The van der Waals surface area contributed by atoms with Gasteiger partial charge < -0.3 is 10.1 Å². The number of nitrogens with one attached hydrogen (secondary N) is 1. The Kier molecular flexibility index (Phi) is 5.33. The van der Waals surface area contributed by atoms with Crippen molar-refractivity contribution in [2.45, 2.75) is 33.2 Å². The van der Waals surface area contributed by atoms with Crippen LogP contribution in [0.15, 0.2) is 24.3 Å². The van der Waals surface area contributed by atoms with Gasteiger partial charge in [-0.15, -0.1) is 0 Å². The Morgan fingerprint density at radius 2 is 1.81 bits per heavy atom. The maximum Gasteiger partial charge on any atom is 0.119 e. The third-order valence-electron chi connectivity index (χ3n) is 2.65. The monoisotopic (exact) mass is 221 g/mol. The molecule has 0 saturated carbocycles. The second kappa shape index (κ2) is 6.54. The van der Waals surface area contributed by atoms with Crippen LogP contribution in [-0.4, -0.2) is 13.7 Å². The van der Waals surface area contributed by atoms with Gasteiger partial charge in [0.2, 0.25) is 0 Å². The third-order valence-corrected chi connectivity index (χ3v) is 2.65. The first kappa shape index (κ1) is 13.0. The summed E-state index contributed by atoms with van der Waals surface area (Å²) >= 11 is 0. The Morgan fingerprint density at radius 1 is 1.19 bits per heavy atom. The minimum atomic E-state index is 0.440. The van der Waals surface area contributed by atoms with Crippen LogP contribution in [0.25, 0.3) is 0 Å². The lowest BCUT2D eigenvalue weighted by atomic mass is 9.97. The smallest absolute Gasteiger partial charge is 0.119 e. The van der Waals surface area contributed by atoms with Gasteiger partial charge in [-0.1, -0.05) is 26.0 Å². The Morgan fingerprint density at radius 3 is 2.25 bits per heavy atom. The summed E-state index contributed by atoms with van der Waals surface area (Å²) in [4.78, 5) is 0. The standard InChI is InChI=1S/C14H23NO/c1-5-16-13-8-6-12(7-9-13)14(15-4)10-11(2)3/h6-9,11,14-15H,5,10H2,1-4H3. The number of hydrogen-bond acceptors (Lipinski definition) is 2. The fourth-order valence-electron chi connectivity index (χ4n) is 1.86. The second-order valence-electron chi connectivity index (χ2n) is 4.47. The lowest BCUT2D eigenvalue weighted by Crippen LogP contribution is -2.18. The van der Waals surface area contributed by atoms with Gasteiger partial charge in [-0.2, -0.15) is 0 Å². The fraction of sp³-hybridized carbons (Fsp3) is 0.571. The number of ether oxygens (including phenoxy) is 1. The Balaban J connectivity index is 2.70. The lowest BCUT2D eigenvalue weighted by molar-refractivity contribution is 0.340. The van der Waals surface area contributed by atoms with Gasteiger partial charge in [-0.05, 0) is 44.0 Å². The van der Waals surface area contributed by atoms with E-state index < -0.39 is 0 Å². The van der Waals surface area contributed by atoms with Gasteiger partial charge in [0.25, 0.3) is 0 Å².